The Morgan fingerprint density at radius 1 is 1.27 bits per heavy atom. The molecule has 1 aromatic rings. The van der Waals surface area contributed by atoms with Crippen LogP contribution in [0.5, 0.6) is 0 Å². The van der Waals surface area contributed by atoms with E-state index in [9.17, 15) is 0 Å². The van der Waals surface area contributed by atoms with Crippen LogP contribution in [0.3, 0.4) is 0 Å². The molecule has 0 amide bonds. The average Bonchev–Trinajstić information content (AvgIpc) is 2.20. The number of rotatable bonds is 6. The van der Waals surface area contributed by atoms with Gasteiger partial charge in [0.15, 0.2) is 11.0 Å². The fraction of sp³-hybridized carbons (Fsp3) is 0.636. The summed E-state index contributed by atoms with van der Waals surface area (Å²) in [5, 5.41) is 3.63. The maximum atomic E-state index is 5.85. The molecule has 1 rings (SSSR count). The molecule has 0 unspecified atom stereocenters. The van der Waals surface area contributed by atoms with Crippen molar-refractivity contribution in [1.29, 1.82) is 0 Å². The Hall–Kier alpha value is -0.830. The van der Waals surface area contributed by atoms with E-state index < -0.39 is 0 Å². The number of anilines is 1. The Bertz CT molecular complexity index is 289. The third-order valence-electron chi connectivity index (χ3n) is 2.15. The number of aromatic nitrogens is 2. The zero-order valence-corrected chi connectivity index (χ0v) is 10.1. The second kappa shape index (κ2) is 6.62. The van der Waals surface area contributed by atoms with Gasteiger partial charge in [0.2, 0.25) is 0 Å². The highest BCUT2D eigenvalue weighted by molar-refractivity contribution is 6.31. The molecule has 0 atom stereocenters. The summed E-state index contributed by atoms with van der Waals surface area (Å²) in [6.45, 7) is 5.39. The van der Waals surface area contributed by atoms with Gasteiger partial charge in [-0.25, -0.2) is 9.97 Å². The van der Waals surface area contributed by atoms with Gasteiger partial charge < -0.3 is 5.32 Å². The first-order valence-corrected chi connectivity index (χ1v) is 5.78. The lowest BCUT2D eigenvalue weighted by Gasteiger charge is -2.07. The van der Waals surface area contributed by atoms with Crippen molar-refractivity contribution in [2.75, 3.05) is 11.9 Å². The van der Waals surface area contributed by atoms with Gasteiger partial charge in [0.25, 0.3) is 0 Å². The first-order valence-electron chi connectivity index (χ1n) is 5.40. The lowest BCUT2D eigenvalue weighted by Crippen LogP contribution is -2.04. The van der Waals surface area contributed by atoms with Gasteiger partial charge in [0, 0.05) is 18.9 Å². The molecule has 0 fully saturated rings. The van der Waals surface area contributed by atoms with E-state index in [1.807, 2.05) is 0 Å². The van der Waals surface area contributed by atoms with Crippen molar-refractivity contribution in [2.45, 2.75) is 33.1 Å². The molecule has 0 aliphatic rings. The maximum Gasteiger partial charge on any atom is 0.171 e. The third kappa shape index (κ3) is 4.98. The van der Waals surface area contributed by atoms with E-state index in [2.05, 4.69) is 29.1 Å². The normalized spacial score (nSPS) is 10.7. The van der Waals surface area contributed by atoms with Gasteiger partial charge in [-0.05, 0) is 12.3 Å². The summed E-state index contributed by atoms with van der Waals surface area (Å²) in [7, 11) is 0. The zero-order valence-electron chi connectivity index (χ0n) is 9.33. The molecule has 15 heavy (non-hydrogen) atoms. The Morgan fingerprint density at radius 2 is 2.00 bits per heavy atom. The van der Waals surface area contributed by atoms with Crippen molar-refractivity contribution in [3.8, 4) is 0 Å². The maximum absolute atomic E-state index is 5.85. The SMILES string of the molecule is CC(C)CCCCNc1nccnc1Cl. The highest BCUT2D eigenvalue weighted by atomic mass is 35.5. The minimum Gasteiger partial charge on any atom is -0.368 e. The summed E-state index contributed by atoms with van der Waals surface area (Å²) >= 11 is 5.85. The lowest BCUT2D eigenvalue weighted by molar-refractivity contribution is 0.544. The second-order valence-corrected chi connectivity index (χ2v) is 4.37. The minimum absolute atomic E-state index is 0.446. The lowest BCUT2D eigenvalue weighted by atomic mass is 10.1. The Morgan fingerprint density at radius 3 is 2.67 bits per heavy atom. The van der Waals surface area contributed by atoms with Crippen LogP contribution in [0, 0.1) is 5.92 Å². The van der Waals surface area contributed by atoms with Crippen LogP contribution >= 0.6 is 11.6 Å². The van der Waals surface area contributed by atoms with E-state index in [4.69, 9.17) is 11.6 Å². The van der Waals surface area contributed by atoms with Crippen LogP contribution in [0.2, 0.25) is 5.15 Å². The molecule has 0 saturated heterocycles. The van der Waals surface area contributed by atoms with Gasteiger partial charge in [0.05, 0.1) is 0 Å². The van der Waals surface area contributed by atoms with Crippen LogP contribution in [-0.4, -0.2) is 16.5 Å². The van der Waals surface area contributed by atoms with Crippen molar-refractivity contribution in [3.63, 3.8) is 0 Å². The number of nitrogens with one attached hydrogen (secondary N) is 1. The number of hydrogen-bond donors (Lipinski definition) is 1. The van der Waals surface area contributed by atoms with Crippen LogP contribution in [0.1, 0.15) is 33.1 Å². The van der Waals surface area contributed by atoms with E-state index >= 15 is 0 Å². The average molecular weight is 228 g/mol. The highest BCUT2D eigenvalue weighted by Crippen LogP contribution is 2.14. The van der Waals surface area contributed by atoms with Crippen LogP contribution in [0.4, 0.5) is 5.82 Å². The first-order chi connectivity index (χ1) is 7.20. The largest absolute Gasteiger partial charge is 0.368 e. The Balaban J connectivity index is 2.18. The fourth-order valence-corrected chi connectivity index (χ4v) is 1.50. The molecule has 1 heterocycles. The standard InChI is InChI=1S/C11H18ClN3/c1-9(2)5-3-4-6-14-11-10(12)13-7-8-15-11/h7-9H,3-6H2,1-2H3,(H,14,15). The van der Waals surface area contributed by atoms with E-state index in [-0.39, 0.29) is 0 Å². The number of unbranched alkanes of at least 4 members (excludes halogenated alkanes) is 1. The molecule has 1 N–H and O–H groups in total. The summed E-state index contributed by atoms with van der Waals surface area (Å²) in [5.41, 5.74) is 0. The van der Waals surface area contributed by atoms with Crippen molar-refractivity contribution in [3.05, 3.63) is 17.5 Å². The molecule has 0 saturated carbocycles. The van der Waals surface area contributed by atoms with Crippen LogP contribution in [-0.2, 0) is 0 Å². The molecule has 3 nitrogen and oxygen atoms in total. The Kier molecular flexibility index (Phi) is 5.40. The minimum atomic E-state index is 0.446. The van der Waals surface area contributed by atoms with E-state index in [0.717, 1.165) is 18.9 Å². The summed E-state index contributed by atoms with van der Waals surface area (Å²) in [5.74, 6) is 1.47. The van der Waals surface area contributed by atoms with Crippen LogP contribution < -0.4 is 5.32 Å². The van der Waals surface area contributed by atoms with Gasteiger partial charge >= 0.3 is 0 Å². The molecule has 0 spiro atoms. The van der Waals surface area contributed by atoms with Gasteiger partial charge in [-0.2, -0.15) is 0 Å². The molecular weight excluding hydrogens is 210 g/mol. The third-order valence-corrected chi connectivity index (χ3v) is 2.43. The van der Waals surface area contributed by atoms with Crippen LogP contribution in [0.25, 0.3) is 0 Å². The second-order valence-electron chi connectivity index (χ2n) is 4.01. The van der Waals surface area contributed by atoms with E-state index in [0.29, 0.717) is 11.0 Å². The van der Waals surface area contributed by atoms with Gasteiger partial charge in [-0.3, -0.25) is 0 Å². The summed E-state index contributed by atoms with van der Waals surface area (Å²) in [4.78, 5) is 8.05. The van der Waals surface area contributed by atoms with E-state index in [1.165, 1.54) is 12.8 Å². The van der Waals surface area contributed by atoms with Gasteiger partial charge in [0.1, 0.15) is 0 Å². The topological polar surface area (TPSA) is 37.8 Å². The molecule has 0 bridgehead atoms. The predicted molar refractivity (Wildman–Crippen MR) is 64.2 cm³/mol. The van der Waals surface area contributed by atoms with Gasteiger partial charge in [-0.1, -0.05) is 38.3 Å². The number of halogens is 1. The number of hydrogen-bond acceptors (Lipinski definition) is 3. The van der Waals surface area contributed by atoms with Crippen molar-refractivity contribution >= 4 is 17.4 Å². The first kappa shape index (κ1) is 12.2. The summed E-state index contributed by atoms with van der Waals surface area (Å²) in [6, 6.07) is 0. The number of nitrogens with zero attached hydrogens (tertiary/aromatic N) is 2. The monoisotopic (exact) mass is 227 g/mol. The molecule has 0 aromatic carbocycles. The van der Waals surface area contributed by atoms with E-state index in [1.54, 1.807) is 12.4 Å². The quantitative estimate of drug-likeness (QED) is 0.758. The molecule has 1 aromatic heterocycles. The molecule has 84 valence electrons. The van der Waals surface area contributed by atoms with Gasteiger partial charge in [-0.15, -0.1) is 0 Å². The summed E-state index contributed by atoms with van der Waals surface area (Å²) < 4.78 is 0. The zero-order chi connectivity index (χ0) is 11.1. The van der Waals surface area contributed by atoms with Crippen molar-refractivity contribution in [2.24, 2.45) is 5.92 Å². The molecule has 0 aliphatic carbocycles. The van der Waals surface area contributed by atoms with Crippen molar-refractivity contribution in [1.82, 2.24) is 9.97 Å². The molecular formula is C11H18ClN3. The molecule has 4 heteroatoms. The van der Waals surface area contributed by atoms with Crippen molar-refractivity contribution < 1.29 is 0 Å². The molecule has 0 aliphatic heterocycles. The van der Waals surface area contributed by atoms with Crippen LogP contribution in [0.15, 0.2) is 12.4 Å². The Labute approximate surface area is 96.3 Å². The summed E-state index contributed by atoms with van der Waals surface area (Å²) in [6.07, 6.45) is 6.89. The fourth-order valence-electron chi connectivity index (χ4n) is 1.32. The predicted octanol–water partition coefficient (Wildman–Crippen LogP) is 3.37. The molecule has 0 radical (unpaired) electrons. The smallest absolute Gasteiger partial charge is 0.171 e. The highest BCUT2D eigenvalue weighted by Gasteiger charge is 2.00.